The number of nitrogens with one attached hydrogen (secondary N) is 1. The average Bonchev–Trinajstić information content (AvgIpc) is 2.80. The Hall–Kier alpha value is -1.68. The van der Waals surface area contributed by atoms with Crippen LogP contribution in [0.4, 0.5) is 0 Å². The second-order valence-electron chi connectivity index (χ2n) is 6.78. The quantitative estimate of drug-likeness (QED) is 0.939. The normalized spacial score (nSPS) is 11.9. The molecule has 0 unspecified atom stereocenters. The summed E-state index contributed by atoms with van der Waals surface area (Å²) in [7, 11) is 1.92. The molecule has 0 spiro atoms. The van der Waals surface area contributed by atoms with Gasteiger partial charge in [0.15, 0.2) is 0 Å². The minimum atomic E-state index is 0.182. The molecule has 0 atom stereocenters. The van der Waals surface area contributed by atoms with E-state index in [9.17, 15) is 0 Å². The molecular weight excluding hydrogens is 260 g/mol. The van der Waals surface area contributed by atoms with E-state index in [1.165, 1.54) is 22.3 Å². The van der Waals surface area contributed by atoms with Crippen LogP contribution in [0.25, 0.3) is 0 Å². The van der Waals surface area contributed by atoms with Crippen LogP contribution in [-0.2, 0) is 18.5 Å². The molecule has 4 heteroatoms. The van der Waals surface area contributed by atoms with Crippen LogP contribution in [0, 0.1) is 13.8 Å². The lowest BCUT2D eigenvalue weighted by atomic mass is 9.84. The van der Waals surface area contributed by atoms with Gasteiger partial charge in [0.25, 0.3) is 0 Å². The molecule has 0 aliphatic rings. The van der Waals surface area contributed by atoms with Gasteiger partial charge in [0.05, 0.1) is 18.4 Å². The summed E-state index contributed by atoms with van der Waals surface area (Å²) in [6, 6.07) is 4.60. The molecule has 0 radical (unpaired) electrons. The van der Waals surface area contributed by atoms with Gasteiger partial charge in [-0.05, 0) is 48.6 Å². The largest absolute Gasteiger partial charge is 0.314 e. The first-order valence-electron chi connectivity index (χ1n) is 7.45. The Labute approximate surface area is 127 Å². The zero-order chi connectivity index (χ0) is 15.6. The first kappa shape index (κ1) is 15.7. The van der Waals surface area contributed by atoms with Crippen LogP contribution in [0.3, 0.4) is 0 Å². The van der Waals surface area contributed by atoms with Gasteiger partial charge in [-0.15, -0.1) is 5.10 Å². The Morgan fingerprint density at radius 1 is 1.14 bits per heavy atom. The van der Waals surface area contributed by atoms with Gasteiger partial charge in [-0.25, -0.2) is 4.68 Å². The topological polar surface area (TPSA) is 42.7 Å². The second-order valence-corrected chi connectivity index (χ2v) is 6.78. The number of rotatable bonds is 4. The third kappa shape index (κ3) is 3.70. The summed E-state index contributed by atoms with van der Waals surface area (Å²) in [4.78, 5) is 0. The van der Waals surface area contributed by atoms with Crippen LogP contribution in [0.2, 0.25) is 0 Å². The molecule has 0 amide bonds. The Morgan fingerprint density at radius 3 is 2.29 bits per heavy atom. The average molecular weight is 286 g/mol. The third-order valence-corrected chi connectivity index (χ3v) is 3.83. The summed E-state index contributed by atoms with van der Waals surface area (Å²) in [5.41, 5.74) is 6.52. The molecule has 0 fully saturated rings. The van der Waals surface area contributed by atoms with Crippen LogP contribution < -0.4 is 5.32 Å². The van der Waals surface area contributed by atoms with Crippen LogP contribution in [-0.4, -0.2) is 22.0 Å². The highest BCUT2D eigenvalue weighted by atomic mass is 15.4. The summed E-state index contributed by atoms with van der Waals surface area (Å²) in [6.07, 6.45) is 2.01. The van der Waals surface area contributed by atoms with E-state index in [2.05, 4.69) is 62.4 Å². The second kappa shape index (κ2) is 5.98. The van der Waals surface area contributed by atoms with E-state index < -0.39 is 0 Å². The minimum Gasteiger partial charge on any atom is -0.314 e. The Balaban J connectivity index is 2.27. The Morgan fingerprint density at radius 2 is 1.76 bits per heavy atom. The van der Waals surface area contributed by atoms with Crippen LogP contribution in [0.15, 0.2) is 18.3 Å². The molecule has 1 heterocycles. The van der Waals surface area contributed by atoms with Crippen molar-refractivity contribution in [3.05, 3.63) is 46.3 Å². The number of hydrogen-bond acceptors (Lipinski definition) is 3. The number of aryl methyl sites for hydroxylation is 2. The van der Waals surface area contributed by atoms with Crippen molar-refractivity contribution in [2.45, 2.75) is 53.1 Å². The molecule has 114 valence electrons. The van der Waals surface area contributed by atoms with Crippen LogP contribution in [0.1, 0.15) is 48.7 Å². The van der Waals surface area contributed by atoms with Gasteiger partial charge in [0.1, 0.15) is 0 Å². The minimum absolute atomic E-state index is 0.182. The molecule has 4 nitrogen and oxygen atoms in total. The zero-order valence-electron chi connectivity index (χ0n) is 14.0. The molecule has 1 aromatic carbocycles. The fraction of sp³-hybridized carbons (Fsp3) is 0.529. The summed E-state index contributed by atoms with van der Waals surface area (Å²) >= 11 is 0. The molecule has 1 N–H and O–H groups in total. The maximum atomic E-state index is 4.21. The van der Waals surface area contributed by atoms with E-state index in [1.807, 2.05) is 17.9 Å². The molecule has 2 aromatic rings. The van der Waals surface area contributed by atoms with E-state index in [0.29, 0.717) is 0 Å². The Kier molecular flexibility index (Phi) is 4.47. The molecule has 1 aromatic heterocycles. The van der Waals surface area contributed by atoms with Gasteiger partial charge in [0, 0.05) is 6.54 Å². The van der Waals surface area contributed by atoms with E-state index in [1.54, 1.807) is 0 Å². The molecule has 2 rings (SSSR count). The van der Waals surface area contributed by atoms with Crippen molar-refractivity contribution in [3.8, 4) is 0 Å². The first-order valence-corrected chi connectivity index (χ1v) is 7.45. The lowest BCUT2D eigenvalue weighted by Gasteiger charge is -2.22. The van der Waals surface area contributed by atoms with Crippen molar-refractivity contribution in [3.63, 3.8) is 0 Å². The van der Waals surface area contributed by atoms with Crippen molar-refractivity contribution in [1.82, 2.24) is 20.3 Å². The summed E-state index contributed by atoms with van der Waals surface area (Å²) in [5.74, 6) is 0. The lowest BCUT2D eigenvalue weighted by molar-refractivity contribution is 0.587. The fourth-order valence-corrected chi connectivity index (χ4v) is 2.52. The molecule has 0 saturated carbocycles. The van der Waals surface area contributed by atoms with Gasteiger partial charge in [-0.3, -0.25) is 0 Å². The molecular formula is C17H26N4. The monoisotopic (exact) mass is 286 g/mol. The highest BCUT2D eigenvalue weighted by Crippen LogP contribution is 2.27. The predicted molar refractivity (Wildman–Crippen MR) is 86.5 cm³/mol. The summed E-state index contributed by atoms with van der Waals surface area (Å²) in [6.45, 7) is 12.7. The van der Waals surface area contributed by atoms with Gasteiger partial charge in [-0.2, -0.15) is 0 Å². The molecule has 0 saturated heterocycles. The SMILES string of the molecule is CNCc1cn(Cc2c(C)cc(C(C)(C)C)cc2C)nn1. The van der Waals surface area contributed by atoms with Crippen molar-refractivity contribution in [1.29, 1.82) is 0 Å². The smallest absolute Gasteiger partial charge is 0.0964 e. The highest BCUT2D eigenvalue weighted by Gasteiger charge is 2.16. The maximum absolute atomic E-state index is 4.21. The van der Waals surface area contributed by atoms with Crippen LogP contribution in [0.5, 0.6) is 0 Å². The fourth-order valence-electron chi connectivity index (χ4n) is 2.52. The number of aromatic nitrogens is 3. The van der Waals surface area contributed by atoms with Crippen molar-refractivity contribution in [2.24, 2.45) is 0 Å². The van der Waals surface area contributed by atoms with Crippen molar-refractivity contribution in [2.75, 3.05) is 7.05 Å². The predicted octanol–water partition coefficient (Wildman–Crippen LogP) is 2.96. The van der Waals surface area contributed by atoms with Gasteiger partial charge in [0.2, 0.25) is 0 Å². The third-order valence-electron chi connectivity index (χ3n) is 3.83. The summed E-state index contributed by atoms with van der Waals surface area (Å²) < 4.78 is 1.92. The maximum Gasteiger partial charge on any atom is 0.0964 e. The van der Waals surface area contributed by atoms with Crippen molar-refractivity contribution < 1.29 is 0 Å². The summed E-state index contributed by atoms with van der Waals surface area (Å²) in [5, 5.41) is 11.5. The van der Waals surface area contributed by atoms with Gasteiger partial charge >= 0.3 is 0 Å². The number of hydrogen-bond donors (Lipinski definition) is 1. The molecule has 0 aliphatic heterocycles. The zero-order valence-corrected chi connectivity index (χ0v) is 14.0. The van der Waals surface area contributed by atoms with E-state index >= 15 is 0 Å². The molecule has 0 bridgehead atoms. The van der Waals surface area contributed by atoms with E-state index in [0.717, 1.165) is 18.8 Å². The number of benzene rings is 1. The number of nitrogens with zero attached hydrogens (tertiary/aromatic N) is 3. The van der Waals surface area contributed by atoms with E-state index in [4.69, 9.17) is 0 Å². The lowest BCUT2D eigenvalue weighted by Crippen LogP contribution is -2.13. The van der Waals surface area contributed by atoms with Gasteiger partial charge in [-0.1, -0.05) is 38.1 Å². The Bertz CT molecular complexity index is 597. The van der Waals surface area contributed by atoms with Crippen LogP contribution >= 0.6 is 0 Å². The standard InChI is InChI=1S/C17H26N4/c1-12-7-14(17(3,4)5)8-13(2)16(12)11-21-10-15(9-18-6)19-20-21/h7-8,10,18H,9,11H2,1-6H3. The molecule has 21 heavy (non-hydrogen) atoms. The highest BCUT2D eigenvalue weighted by molar-refractivity contribution is 5.40. The van der Waals surface area contributed by atoms with Crippen molar-refractivity contribution >= 4 is 0 Å². The van der Waals surface area contributed by atoms with E-state index in [-0.39, 0.29) is 5.41 Å². The van der Waals surface area contributed by atoms with Gasteiger partial charge < -0.3 is 5.32 Å². The molecule has 0 aliphatic carbocycles. The first-order chi connectivity index (χ1) is 9.81.